The van der Waals surface area contributed by atoms with Crippen LogP contribution in [0.3, 0.4) is 0 Å². The molecule has 1 aliphatic carbocycles. The number of amides is 1. The number of piperidine rings is 1. The summed E-state index contributed by atoms with van der Waals surface area (Å²) in [7, 11) is 2.00. The van der Waals surface area contributed by atoms with E-state index in [9.17, 15) is 4.79 Å². The maximum absolute atomic E-state index is 12.8. The van der Waals surface area contributed by atoms with Crippen molar-refractivity contribution in [2.45, 2.75) is 44.1 Å². The van der Waals surface area contributed by atoms with Crippen LogP contribution in [0.4, 0.5) is 0 Å². The Morgan fingerprint density at radius 2 is 2.32 bits per heavy atom. The molecule has 0 bridgehead atoms. The molecule has 1 saturated heterocycles. The number of hydrogen-bond acceptors (Lipinski definition) is 3. The van der Waals surface area contributed by atoms with E-state index in [0.717, 1.165) is 38.8 Å². The Kier molecular flexibility index (Phi) is 3.89. The van der Waals surface area contributed by atoms with Gasteiger partial charge in [-0.2, -0.15) is 0 Å². The summed E-state index contributed by atoms with van der Waals surface area (Å²) in [5, 5.41) is 5.46. The Labute approximate surface area is 119 Å². The van der Waals surface area contributed by atoms with Crippen molar-refractivity contribution in [3.63, 3.8) is 0 Å². The quantitative estimate of drug-likeness (QED) is 0.901. The lowest BCUT2D eigenvalue weighted by molar-refractivity contribution is -0.134. The van der Waals surface area contributed by atoms with Gasteiger partial charge in [0.15, 0.2) is 0 Å². The highest BCUT2D eigenvalue weighted by atomic mass is 32.1. The highest BCUT2D eigenvalue weighted by molar-refractivity contribution is 7.10. The molecule has 0 radical (unpaired) electrons. The number of carbonyl (C=O) groups is 1. The predicted octanol–water partition coefficient (Wildman–Crippen LogP) is 2.38. The van der Waals surface area contributed by atoms with Crippen molar-refractivity contribution < 1.29 is 4.79 Å². The average molecular weight is 278 g/mol. The molecule has 19 heavy (non-hydrogen) atoms. The van der Waals surface area contributed by atoms with Gasteiger partial charge in [-0.1, -0.05) is 0 Å². The molecule has 1 N–H and O–H groups in total. The van der Waals surface area contributed by atoms with Crippen LogP contribution < -0.4 is 5.32 Å². The second-order valence-corrected chi connectivity index (χ2v) is 6.66. The van der Waals surface area contributed by atoms with Gasteiger partial charge < -0.3 is 10.2 Å². The molecule has 3 rings (SSSR count). The minimum absolute atomic E-state index is 0.130. The molecule has 1 amide bonds. The first-order valence-electron chi connectivity index (χ1n) is 7.32. The fourth-order valence-corrected chi connectivity index (χ4v) is 4.36. The molecule has 4 heteroatoms. The van der Waals surface area contributed by atoms with Gasteiger partial charge in [-0.25, -0.2) is 0 Å². The number of nitrogens with one attached hydrogen (secondary N) is 1. The zero-order valence-electron chi connectivity index (χ0n) is 11.5. The third kappa shape index (κ3) is 2.56. The van der Waals surface area contributed by atoms with Crippen molar-refractivity contribution in [3.05, 3.63) is 21.9 Å². The molecule has 1 aromatic rings. The molecule has 2 aliphatic rings. The second kappa shape index (κ2) is 5.63. The predicted molar refractivity (Wildman–Crippen MR) is 78.7 cm³/mol. The van der Waals surface area contributed by atoms with Crippen LogP contribution in [0.2, 0.25) is 0 Å². The topological polar surface area (TPSA) is 32.3 Å². The van der Waals surface area contributed by atoms with Crippen LogP contribution >= 0.6 is 11.3 Å². The number of fused-ring (bicyclic) bond motifs is 1. The van der Waals surface area contributed by atoms with Crippen LogP contribution in [0.25, 0.3) is 0 Å². The number of thiophene rings is 1. The van der Waals surface area contributed by atoms with E-state index in [1.807, 2.05) is 18.4 Å². The third-order valence-electron chi connectivity index (χ3n) is 4.49. The van der Waals surface area contributed by atoms with Crippen molar-refractivity contribution in [3.8, 4) is 0 Å². The van der Waals surface area contributed by atoms with Crippen LogP contribution in [0.15, 0.2) is 11.4 Å². The second-order valence-electron chi connectivity index (χ2n) is 5.66. The number of likely N-dealkylation sites (tertiary alicyclic amines) is 1. The summed E-state index contributed by atoms with van der Waals surface area (Å²) in [4.78, 5) is 16.3. The minimum atomic E-state index is 0.130. The van der Waals surface area contributed by atoms with Gasteiger partial charge >= 0.3 is 0 Å². The molecule has 1 fully saturated rings. The molecular weight excluding hydrogens is 256 g/mol. The Hall–Kier alpha value is -0.870. The molecule has 2 atom stereocenters. The number of carbonyl (C=O) groups excluding carboxylic acids is 1. The van der Waals surface area contributed by atoms with E-state index >= 15 is 0 Å². The van der Waals surface area contributed by atoms with E-state index in [-0.39, 0.29) is 5.92 Å². The van der Waals surface area contributed by atoms with E-state index in [0.29, 0.717) is 11.9 Å². The summed E-state index contributed by atoms with van der Waals surface area (Å²) in [6, 6.07) is 2.64. The van der Waals surface area contributed by atoms with Crippen molar-refractivity contribution in [2.24, 2.45) is 0 Å². The highest BCUT2D eigenvalue weighted by Gasteiger charge is 2.32. The molecular formula is C15H22N2OS. The van der Waals surface area contributed by atoms with Gasteiger partial charge in [-0.05, 0) is 56.2 Å². The molecule has 0 aromatic carbocycles. The number of likely N-dealkylation sites (N-methyl/N-ethyl adjacent to an activating group) is 1. The zero-order valence-corrected chi connectivity index (χ0v) is 12.3. The molecule has 1 aromatic heterocycles. The normalized spacial score (nSPS) is 27.1. The molecule has 104 valence electrons. The van der Waals surface area contributed by atoms with Gasteiger partial charge in [0.2, 0.25) is 5.91 Å². The Morgan fingerprint density at radius 1 is 1.42 bits per heavy atom. The van der Waals surface area contributed by atoms with E-state index in [1.54, 1.807) is 0 Å². The van der Waals surface area contributed by atoms with Crippen LogP contribution in [0.1, 0.15) is 42.0 Å². The summed E-state index contributed by atoms with van der Waals surface area (Å²) in [5.41, 5.74) is 1.31. The first-order valence-corrected chi connectivity index (χ1v) is 8.20. The fourth-order valence-electron chi connectivity index (χ4n) is 3.38. The maximum atomic E-state index is 12.8. The lowest BCUT2D eigenvalue weighted by Crippen LogP contribution is -2.48. The van der Waals surface area contributed by atoms with Gasteiger partial charge in [0, 0.05) is 24.0 Å². The summed E-state index contributed by atoms with van der Waals surface area (Å²) >= 11 is 1.82. The maximum Gasteiger partial charge on any atom is 0.230 e. The van der Waals surface area contributed by atoms with E-state index < -0.39 is 0 Å². The lowest BCUT2D eigenvalue weighted by atomic mass is 9.86. The molecule has 0 spiro atoms. The third-order valence-corrected chi connectivity index (χ3v) is 5.49. The van der Waals surface area contributed by atoms with E-state index in [4.69, 9.17) is 0 Å². The first-order chi connectivity index (χ1) is 9.29. The fraction of sp³-hybridized carbons (Fsp3) is 0.667. The van der Waals surface area contributed by atoms with E-state index in [2.05, 4.69) is 21.7 Å². The van der Waals surface area contributed by atoms with Gasteiger partial charge in [-0.15, -0.1) is 11.3 Å². The SMILES string of the molecule is CNC1CCCN(C(=O)C2CCCc3sccc32)C1. The smallest absolute Gasteiger partial charge is 0.230 e. The van der Waals surface area contributed by atoms with E-state index in [1.165, 1.54) is 16.9 Å². The monoisotopic (exact) mass is 278 g/mol. The number of nitrogens with zero attached hydrogens (tertiary/aromatic N) is 1. The largest absolute Gasteiger partial charge is 0.341 e. The number of hydrogen-bond donors (Lipinski definition) is 1. The molecule has 0 saturated carbocycles. The summed E-state index contributed by atoms with van der Waals surface area (Å²) in [6.45, 7) is 1.82. The molecule has 1 aliphatic heterocycles. The van der Waals surface area contributed by atoms with Crippen LogP contribution in [-0.4, -0.2) is 37.0 Å². The first kappa shape index (κ1) is 13.1. The highest BCUT2D eigenvalue weighted by Crippen LogP contribution is 2.36. The Balaban J connectivity index is 1.74. The van der Waals surface area contributed by atoms with Gasteiger partial charge in [-0.3, -0.25) is 4.79 Å². The standard InChI is InChI=1S/C15H22N2OS/c1-16-11-4-3-8-17(10-11)15(18)13-5-2-6-14-12(13)7-9-19-14/h7,9,11,13,16H,2-6,8,10H2,1H3. The van der Waals surface area contributed by atoms with Crippen molar-refractivity contribution in [1.82, 2.24) is 10.2 Å². The Bertz CT molecular complexity index is 457. The molecule has 3 nitrogen and oxygen atoms in total. The average Bonchev–Trinajstić information content (AvgIpc) is 2.95. The Morgan fingerprint density at radius 3 is 3.16 bits per heavy atom. The minimum Gasteiger partial charge on any atom is -0.341 e. The molecule has 2 unspecified atom stereocenters. The van der Waals surface area contributed by atoms with Crippen molar-refractivity contribution in [2.75, 3.05) is 20.1 Å². The number of rotatable bonds is 2. The lowest BCUT2D eigenvalue weighted by Gasteiger charge is -2.35. The van der Waals surface area contributed by atoms with Gasteiger partial charge in [0.1, 0.15) is 0 Å². The summed E-state index contributed by atoms with van der Waals surface area (Å²) < 4.78 is 0. The van der Waals surface area contributed by atoms with Gasteiger partial charge in [0.25, 0.3) is 0 Å². The van der Waals surface area contributed by atoms with Crippen LogP contribution in [-0.2, 0) is 11.2 Å². The molecule has 2 heterocycles. The van der Waals surface area contributed by atoms with Crippen molar-refractivity contribution >= 4 is 17.2 Å². The van der Waals surface area contributed by atoms with Gasteiger partial charge in [0.05, 0.1) is 5.92 Å². The summed E-state index contributed by atoms with van der Waals surface area (Å²) in [5.74, 6) is 0.491. The van der Waals surface area contributed by atoms with Crippen LogP contribution in [0, 0.1) is 0 Å². The zero-order chi connectivity index (χ0) is 13.2. The summed E-state index contributed by atoms with van der Waals surface area (Å²) in [6.07, 6.45) is 5.67. The number of aryl methyl sites for hydroxylation is 1. The van der Waals surface area contributed by atoms with Crippen molar-refractivity contribution in [1.29, 1.82) is 0 Å². The van der Waals surface area contributed by atoms with Crippen LogP contribution in [0.5, 0.6) is 0 Å².